The molecule has 5 rings (SSSR count). The highest BCUT2D eigenvalue weighted by Crippen LogP contribution is 2.29. The van der Waals surface area contributed by atoms with E-state index in [1.54, 1.807) is 13.4 Å². The minimum absolute atomic E-state index is 0.218. The van der Waals surface area contributed by atoms with Crippen LogP contribution in [0.2, 0.25) is 0 Å². The Labute approximate surface area is 194 Å². The molecule has 0 aliphatic carbocycles. The first-order valence-corrected chi connectivity index (χ1v) is 11.1. The van der Waals surface area contributed by atoms with E-state index in [4.69, 9.17) is 14.5 Å². The van der Waals surface area contributed by atoms with E-state index in [-0.39, 0.29) is 6.10 Å². The third kappa shape index (κ3) is 4.11. The highest BCUT2D eigenvalue weighted by Gasteiger charge is 2.26. The van der Waals surface area contributed by atoms with Crippen LogP contribution in [0.25, 0.3) is 17.8 Å². The number of methoxy groups -OCH3 is 1. The molecule has 0 bridgehead atoms. The maximum absolute atomic E-state index is 6.01. The third-order valence-electron chi connectivity index (χ3n) is 5.33. The van der Waals surface area contributed by atoms with Gasteiger partial charge < -0.3 is 14.0 Å². The number of hydrogen-bond donors (Lipinski definition) is 0. The van der Waals surface area contributed by atoms with Gasteiger partial charge in [0, 0.05) is 10.7 Å². The van der Waals surface area contributed by atoms with Gasteiger partial charge in [-0.05, 0) is 48.4 Å². The van der Waals surface area contributed by atoms with E-state index in [1.807, 2.05) is 77.0 Å². The standard InChI is InChI=1S/C24H22BrN5O2/c1-16-14-29(15-26-16)20-9-3-17(13-21(20)31-2)4-10-22-27-24-23(32-12-11-30(24)28-22)18-5-7-19(25)8-6-18/h3-10,13-15,23H,11-12H2,1-2H3. The lowest BCUT2D eigenvalue weighted by Gasteiger charge is -2.23. The minimum atomic E-state index is -0.218. The molecule has 4 aromatic rings. The number of aryl methyl sites for hydroxylation is 1. The zero-order valence-corrected chi connectivity index (χ0v) is 19.4. The largest absolute Gasteiger partial charge is 0.495 e. The molecule has 0 N–H and O–H groups in total. The second-order valence-electron chi connectivity index (χ2n) is 7.54. The summed E-state index contributed by atoms with van der Waals surface area (Å²) in [6.07, 6.45) is 7.44. The number of nitrogens with zero attached hydrogens (tertiary/aromatic N) is 5. The number of rotatable bonds is 5. The molecule has 162 valence electrons. The Morgan fingerprint density at radius 3 is 2.75 bits per heavy atom. The van der Waals surface area contributed by atoms with Gasteiger partial charge in [-0.3, -0.25) is 0 Å². The second kappa shape index (κ2) is 8.72. The molecular formula is C24H22BrN5O2. The summed E-state index contributed by atoms with van der Waals surface area (Å²) in [4.78, 5) is 9.03. The molecule has 1 aliphatic rings. The van der Waals surface area contributed by atoms with Gasteiger partial charge in [-0.15, -0.1) is 0 Å². The van der Waals surface area contributed by atoms with Crippen molar-refractivity contribution >= 4 is 28.1 Å². The predicted octanol–water partition coefficient (Wildman–Crippen LogP) is 4.83. The van der Waals surface area contributed by atoms with Crippen LogP contribution in [0.5, 0.6) is 5.75 Å². The Kier molecular flexibility index (Phi) is 5.63. The zero-order chi connectivity index (χ0) is 22.1. The molecule has 3 heterocycles. The summed E-state index contributed by atoms with van der Waals surface area (Å²) in [6.45, 7) is 3.26. The smallest absolute Gasteiger partial charge is 0.174 e. The Balaban J connectivity index is 1.40. The lowest BCUT2D eigenvalue weighted by molar-refractivity contribution is 0.0389. The van der Waals surface area contributed by atoms with Crippen LogP contribution in [-0.4, -0.2) is 38.0 Å². The van der Waals surface area contributed by atoms with Crippen molar-refractivity contribution in [1.82, 2.24) is 24.3 Å². The number of benzene rings is 2. The first kappa shape index (κ1) is 20.7. The van der Waals surface area contributed by atoms with Crippen LogP contribution in [0.3, 0.4) is 0 Å². The third-order valence-corrected chi connectivity index (χ3v) is 5.86. The van der Waals surface area contributed by atoms with Crippen LogP contribution < -0.4 is 4.74 Å². The molecule has 8 heteroatoms. The molecule has 0 radical (unpaired) electrons. The maximum Gasteiger partial charge on any atom is 0.174 e. The number of fused-ring (bicyclic) bond motifs is 1. The van der Waals surface area contributed by atoms with Crippen molar-refractivity contribution in [3.05, 3.63) is 87.9 Å². The Bertz CT molecular complexity index is 1280. The molecule has 0 amide bonds. The molecule has 32 heavy (non-hydrogen) atoms. The van der Waals surface area contributed by atoms with Crippen molar-refractivity contribution in [2.24, 2.45) is 0 Å². The van der Waals surface area contributed by atoms with Crippen molar-refractivity contribution in [1.29, 1.82) is 0 Å². The second-order valence-corrected chi connectivity index (χ2v) is 8.46. The molecule has 1 unspecified atom stereocenters. The number of imidazole rings is 1. The lowest BCUT2D eigenvalue weighted by Crippen LogP contribution is -2.23. The Morgan fingerprint density at radius 2 is 2.00 bits per heavy atom. The van der Waals surface area contributed by atoms with Gasteiger partial charge in [-0.2, -0.15) is 5.10 Å². The first-order valence-electron chi connectivity index (χ1n) is 10.3. The van der Waals surface area contributed by atoms with E-state index in [1.165, 1.54) is 0 Å². The number of halogens is 1. The van der Waals surface area contributed by atoms with Gasteiger partial charge in [0.1, 0.15) is 11.9 Å². The van der Waals surface area contributed by atoms with Crippen LogP contribution in [0.1, 0.15) is 34.6 Å². The zero-order valence-electron chi connectivity index (χ0n) is 17.8. The molecule has 1 aliphatic heterocycles. The molecule has 2 aromatic carbocycles. The van der Waals surface area contributed by atoms with Gasteiger partial charge >= 0.3 is 0 Å². The molecule has 0 saturated carbocycles. The average Bonchev–Trinajstić information content (AvgIpc) is 3.43. The van der Waals surface area contributed by atoms with Crippen LogP contribution in [-0.2, 0) is 11.3 Å². The summed E-state index contributed by atoms with van der Waals surface area (Å²) in [5.74, 6) is 2.24. The molecule has 2 aromatic heterocycles. The normalized spacial score (nSPS) is 15.8. The van der Waals surface area contributed by atoms with Crippen molar-refractivity contribution in [3.63, 3.8) is 0 Å². The highest BCUT2D eigenvalue weighted by atomic mass is 79.9. The van der Waals surface area contributed by atoms with Crippen molar-refractivity contribution in [2.45, 2.75) is 19.6 Å². The predicted molar refractivity (Wildman–Crippen MR) is 126 cm³/mol. The van der Waals surface area contributed by atoms with E-state index in [9.17, 15) is 0 Å². The monoisotopic (exact) mass is 491 g/mol. The van der Waals surface area contributed by atoms with E-state index in [0.717, 1.165) is 38.6 Å². The van der Waals surface area contributed by atoms with Gasteiger partial charge in [-0.25, -0.2) is 14.6 Å². The van der Waals surface area contributed by atoms with Gasteiger partial charge in [0.2, 0.25) is 0 Å². The van der Waals surface area contributed by atoms with Gasteiger partial charge in [0.05, 0.1) is 38.0 Å². The fraction of sp³-hybridized carbons (Fsp3) is 0.208. The number of ether oxygens (including phenoxy) is 2. The van der Waals surface area contributed by atoms with Crippen molar-refractivity contribution in [2.75, 3.05) is 13.7 Å². The van der Waals surface area contributed by atoms with Crippen LogP contribution in [0, 0.1) is 6.92 Å². The summed E-state index contributed by atoms with van der Waals surface area (Å²) in [6, 6.07) is 14.2. The van der Waals surface area contributed by atoms with E-state index in [2.05, 4.69) is 26.0 Å². The maximum atomic E-state index is 6.01. The van der Waals surface area contributed by atoms with Gasteiger partial charge in [-0.1, -0.05) is 40.2 Å². The van der Waals surface area contributed by atoms with Gasteiger partial charge in [0.15, 0.2) is 11.6 Å². The number of aromatic nitrogens is 5. The summed E-state index contributed by atoms with van der Waals surface area (Å²) in [5, 5.41) is 4.66. The molecular weight excluding hydrogens is 470 g/mol. The topological polar surface area (TPSA) is 67.0 Å². The summed E-state index contributed by atoms with van der Waals surface area (Å²) >= 11 is 3.48. The van der Waals surface area contributed by atoms with Gasteiger partial charge in [0.25, 0.3) is 0 Å². The van der Waals surface area contributed by atoms with Crippen LogP contribution in [0.4, 0.5) is 0 Å². The molecule has 0 saturated heterocycles. The fourth-order valence-corrected chi connectivity index (χ4v) is 4.02. The minimum Gasteiger partial charge on any atom is -0.495 e. The van der Waals surface area contributed by atoms with E-state index in [0.29, 0.717) is 19.0 Å². The number of hydrogen-bond acceptors (Lipinski definition) is 5. The van der Waals surface area contributed by atoms with Crippen LogP contribution in [0.15, 0.2) is 59.5 Å². The quantitative estimate of drug-likeness (QED) is 0.399. The molecule has 7 nitrogen and oxygen atoms in total. The lowest BCUT2D eigenvalue weighted by atomic mass is 10.1. The van der Waals surface area contributed by atoms with Crippen molar-refractivity contribution < 1.29 is 9.47 Å². The summed E-state index contributed by atoms with van der Waals surface area (Å²) < 4.78 is 16.5. The molecule has 1 atom stereocenters. The molecule has 0 fully saturated rings. The highest BCUT2D eigenvalue weighted by molar-refractivity contribution is 9.10. The molecule has 0 spiro atoms. The Morgan fingerprint density at radius 1 is 1.16 bits per heavy atom. The fourth-order valence-electron chi connectivity index (χ4n) is 3.75. The summed E-state index contributed by atoms with van der Waals surface area (Å²) in [7, 11) is 1.67. The van der Waals surface area contributed by atoms with Crippen LogP contribution >= 0.6 is 15.9 Å². The average molecular weight is 492 g/mol. The van der Waals surface area contributed by atoms with Crippen molar-refractivity contribution in [3.8, 4) is 11.4 Å². The Hall–Kier alpha value is -3.23. The van der Waals surface area contributed by atoms with E-state index < -0.39 is 0 Å². The first-order chi connectivity index (χ1) is 15.6. The van der Waals surface area contributed by atoms with E-state index >= 15 is 0 Å². The SMILES string of the molecule is COc1cc(C=Cc2nc3n(n2)CCOC3c2ccc(Br)cc2)ccc1-n1cnc(C)c1. The summed E-state index contributed by atoms with van der Waals surface area (Å²) in [5.41, 5.74) is 3.95.